The summed E-state index contributed by atoms with van der Waals surface area (Å²) in [6, 6.07) is 10.2. The van der Waals surface area contributed by atoms with E-state index in [4.69, 9.17) is 14.0 Å². The van der Waals surface area contributed by atoms with Crippen LogP contribution in [0.1, 0.15) is 16.1 Å². The maximum atomic E-state index is 12.4. The summed E-state index contributed by atoms with van der Waals surface area (Å²) in [5.74, 6) is 2.46. The van der Waals surface area contributed by atoms with E-state index in [1.54, 1.807) is 42.6 Å². The molecule has 0 atom stereocenters. The van der Waals surface area contributed by atoms with Crippen LogP contribution in [0.25, 0.3) is 0 Å². The number of aryl methyl sites for hydroxylation is 1. The first-order valence-corrected chi connectivity index (χ1v) is 7.78. The Hall–Kier alpha value is -3.55. The lowest BCUT2D eigenvalue weighted by Gasteiger charge is -2.09. The number of methoxy groups -OCH3 is 2. The second-order valence-electron chi connectivity index (χ2n) is 5.44. The molecule has 26 heavy (non-hydrogen) atoms. The van der Waals surface area contributed by atoms with E-state index >= 15 is 0 Å². The highest BCUT2D eigenvalue weighted by molar-refractivity contribution is 6.04. The number of pyridine rings is 1. The minimum Gasteiger partial charge on any atom is -0.497 e. The van der Waals surface area contributed by atoms with E-state index in [1.807, 2.05) is 6.92 Å². The predicted octanol–water partition coefficient (Wildman–Crippen LogP) is 3.39. The molecule has 0 saturated heterocycles. The van der Waals surface area contributed by atoms with Crippen molar-refractivity contribution >= 4 is 23.2 Å². The summed E-state index contributed by atoms with van der Waals surface area (Å²) in [6.07, 6.45) is 1.59. The Bertz CT molecular complexity index is 884. The van der Waals surface area contributed by atoms with Gasteiger partial charge in [-0.05, 0) is 31.2 Å². The first kappa shape index (κ1) is 17.3. The summed E-state index contributed by atoms with van der Waals surface area (Å²) in [7, 11) is 3.06. The van der Waals surface area contributed by atoms with E-state index in [2.05, 4.69) is 20.8 Å². The van der Waals surface area contributed by atoms with E-state index < -0.39 is 0 Å². The van der Waals surface area contributed by atoms with Gasteiger partial charge in [0, 0.05) is 17.7 Å². The van der Waals surface area contributed by atoms with Gasteiger partial charge in [-0.15, -0.1) is 0 Å². The summed E-state index contributed by atoms with van der Waals surface area (Å²) in [5.41, 5.74) is 1.13. The van der Waals surface area contributed by atoms with E-state index in [0.717, 1.165) is 5.69 Å². The maximum Gasteiger partial charge on any atom is 0.257 e. The highest BCUT2D eigenvalue weighted by Crippen LogP contribution is 2.23. The molecule has 8 nitrogen and oxygen atoms in total. The zero-order chi connectivity index (χ0) is 18.5. The highest BCUT2D eigenvalue weighted by atomic mass is 16.5. The van der Waals surface area contributed by atoms with Gasteiger partial charge in [-0.1, -0.05) is 5.16 Å². The molecule has 1 aromatic carbocycles. The Morgan fingerprint density at radius 2 is 1.77 bits per heavy atom. The molecule has 2 aromatic heterocycles. The summed E-state index contributed by atoms with van der Waals surface area (Å²) < 4.78 is 15.3. The minimum absolute atomic E-state index is 0.317. The Morgan fingerprint density at radius 1 is 1.04 bits per heavy atom. The van der Waals surface area contributed by atoms with E-state index in [-0.39, 0.29) is 5.91 Å². The van der Waals surface area contributed by atoms with Crippen molar-refractivity contribution in [1.82, 2.24) is 10.1 Å². The monoisotopic (exact) mass is 354 g/mol. The SMILES string of the molecule is COc1cc(OC)cc(C(=O)Nc2ccc(Nc3cc(C)on3)cn2)c1. The quantitative estimate of drug-likeness (QED) is 0.700. The van der Waals surface area contributed by atoms with Crippen molar-refractivity contribution in [2.24, 2.45) is 0 Å². The van der Waals surface area contributed by atoms with Crippen molar-refractivity contribution in [3.63, 3.8) is 0 Å². The van der Waals surface area contributed by atoms with Crippen molar-refractivity contribution in [3.8, 4) is 11.5 Å². The third kappa shape index (κ3) is 4.10. The number of benzene rings is 1. The van der Waals surface area contributed by atoms with Gasteiger partial charge in [0.1, 0.15) is 23.1 Å². The second-order valence-corrected chi connectivity index (χ2v) is 5.44. The molecular weight excluding hydrogens is 336 g/mol. The molecule has 0 bridgehead atoms. The Balaban J connectivity index is 1.69. The van der Waals surface area contributed by atoms with Crippen LogP contribution in [-0.2, 0) is 0 Å². The second kappa shape index (κ2) is 7.56. The fourth-order valence-electron chi connectivity index (χ4n) is 2.24. The molecule has 0 aliphatic carbocycles. The van der Waals surface area contributed by atoms with Crippen molar-refractivity contribution in [1.29, 1.82) is 0 Å². The van der Waals surface area contributed by atoms with Crippen LogP contribution < -0.4 is 20.1 Å². The normalized spacial score (nSPS) is 10.3. The Morgan fingerprint density at radius 3 is 2.31 bits per heavy atom. The fourth-order valence-corrected chi connectivity index (χ4v) is 2.24. The van der Waals surface area contributed by atoms with E-state index in [9.17, 15) is 4.79 Å². The number of aromatic nitrogens is 2. The van der Waals surface area contributed by atoms with E-state index in [1.165, 1.54) is 14.2 Å². The molecular formula is C18H18N4O4. The third-order valence-electron chi connectivity index (χ3n) is 3.52. The predicted molar refractivity (Wildman–Crippen MR) is 96.3 cm³/mol. The molecule has 0 radical (unpaired) electrons. The van der Waals surface area contributed by atoms with Gasteiger partial charge in [-0.25, -0.2) is 4.98 Å². The van der Waals surface area contributed by atoms with Gasteiger partial charge in [0.05, 0.1) is 26.1 Å². The average Bonchev–Trinajstić information content (AvgIpc) is 3.07. The number of anilines is 3. The van der Waals surface area contributed by atoms with Gasteiger partial charge in [0.25, 0.3) is 5.91 Å². The number of carbonyl (C=O) groups is 1. The lowest BCUT2D eigenvalue weighted by Crippen LogP contribution is -2.13. The standard InChI is InChI=1S/C18H18N4O4/c1-11-6-17(22-26-11)20-13-4-5-16(19-10-13)21-18(23)12-7-14(24-2)9-15(8-12)25-3/h4-10H,1-3H3,(H,20,22)(H,19,21,23). The molecule has 1 amide bonds. The van der Waals surface area contributed by atoms with Crippen LogP contribution >= 0.6 is 0 Å². The zero-order valence-corrected chi connectivity index (χ0v) is 14.6. The average molecular weight is 354 g/mol. The third-order valence-corrected chi connectivity index (χ3v) is 3.52. The van der Waals surface area contributed by atoms with Crippen LogP contribution in [0, 0.1) is 6.92 Å². The molecule has 2 N–H and O–H groups in total. The summed E-state index contributed by atoms with van der Waals surface area (Å²) in [6.45, 7) is 1.81. The largest absolute Gasteiger partial charge is 0.497 e. The molecule has 3 rings (SSSR count). The molecule has 8 heteroatoms. The van der Waals surface area contributed by atoms with Crippen molar-refractivity contribution in [3.05, 3.63) is 53.9 Å². The molecule has 0 saturated carbocycles. The number of hydrogen-bond acceptors (Lipinski definition) is 7. The molecule has 0 aliphatic heterocycles. The number of nitrogens with zero attached hydrogens (tertiary/aromatic N) is 2. The van der Waals surface area contributed by atoms with E-state index in [0.29, 0.717) is 34.5 Å². The lowest BCUT2D eigenvalue weighted by atomic mass is 10.2. The molecule has 0 unspecified atom stereocenters. The summed E-state index contributed by atoms with van der Waals surface area (Å²) in [5, 5.41) is 9.63. The number of amides is 1. The highest BCUT2D eigenvalue weighted by Gasteiger charge is 2.11. The van der Waals surface area contributed by atoms with Crippen molar-refractivity contribution in [2.45, 2.75) is 6.92 Å². The number of hydrogen-bond donors (Lipinski definition) is 2. The van der Waals surface area contributed by atoms with Gasteiger partial charge in [-0.2, -0.15) is 0 Å². The van der Waals surface area contributed by atoms with Gasteiger partial charge in [0.2, 0.25) is 0 Å². The van der Waals surface area contributed by atoms with Crippen LogP contribution in [0.15, 0.2) is 47.1 Å². The van der Waals surface area contributed by atoms with Crippen molar-refractivity contribution in [2.75, 3.05) is 24.9 Å². The smallest absolute Gasteiger partial charge is 0.257 e. The molecule has 2 heterocycles. The molecule has 3 aromatic rings. The van der Waals surface area contributed by atoms with Crippen molar-refractivity contribution < 1.29 is 18.8 Å². The molecule has 134 valence electrons. The fraction of sp³-hybridized carbons (Fsp3) is 0.167. The van der Waals surface area contributed by atoms with Crippen LogP contribution in [0.5, 0.6) is 11.5 Å². The number of nitrogens with one attached hydrogen (secondary N) is 2. The summed E-state index contributed by atoms with van der Waals surface area (Å²) in [4.78, 5) is 16.6. The molecule has 0 fully saturated rings. The van der Waals surface area contributed by atoms with Crippen LogP contribution in [0.4, 0.5) is 17.3 Å². The maximum absolute atomic E-state index is 12.4. The van der Waals surface area contributed by atoms with Gasteiger partial charge in [-0.3, -0.25) is 4.79 Å². The van der Waals surface area contributed by atoms with Gasteiger partial charge < -0.3 is 24.6 Å². The van der Waals surface area contributed by atoms with Gasteiger partial charge >= 0.3 is 0 Å². The minimum atomic E-state index is -0.317. The summed E-state index contributed by atoms with van der Waals surface area (Å²) >= 11 is 0. The Kier molecular flexibility index (Phi) is 5.02. The number of carbonyl (C=O) groups excluding carboxylic acids is 1. The molecule has 0 spiro atoms. The topological polar surface area (TPSA) is 98.5 Å². The first-order chi connectivity index (χ1) is 12.6. The van der Waals surface area contributed by atoms with Crippen LogP contribution in [-0.4, -0.2) is 30.3 Å². The Labute approximate surface area is 150 Å². The zero-order valence-electron chi connectivity index (χ0n) is 14.6. The molecule has 0 aliphatic rings. The van der Waals surface area contributed by atoms with Crippen LogP contribution in [0.2, 0.25) is 0 Å². The number of ether oxygens (including phenoxy) is 2. The first-order valence-electron chi connectivity index (χ1n) is 7.78. The van der Waals surface area contributed by atoms with Crippen LogP contribution in [0.3, 0.4) is 0 Å². The number of rotatable bonds is 6. The lowest BCUT2D eigenvalue weighted by molar-refractivity contribution is 0.102. The van der Waals surface area contributed by atoms with Gasteiger partial charge in [0.15, 0.2) is 5.82 Å².